The minimum Gasteiger partial charge on any atom is -0.351 e. The normalized spacial score (nSPS) is 11.8. The number of hydrogen-bond acceptors (Lipinski definition) is 2. The van der Waals surface area contributed by atoms with Gasteiger partial charge in [0.05, 0.1) is 0 Å². The number of nitrogens with one attached hydrogen (secondary N) is 2. The standard InChI is InChI=1S/C17H25N3O/c1-17(2,3)19-16(21)9-10-18-11-13-12-20(4)15-8-6-5-7-14(13)15/h5-8,12,18H,9-11H2,1-4H3,(H,19,21). The summed E-state index contributed by atoms with van der Waals surface area (Å²) in [6, 6.07) is 8.37. The maximum atomic E-state index is 11.7. The first-order valence-electron chi connectivity index (χ1n) is 7.41. The molecule has 0 aliphatic carbocycles. The molecule has 0 saturated carbocycles. The van der Waals surface area contributed by atoms with E-state index in [1.807, 2.05) is 20.8 Å². The highest BCUT2D eigenvalue weighted by Gasteiger charge is 2.13. The molecule has 0 fully saturated rings. The fourth-order valence-electron chi connectivity index (χ4n) is 2.47. The Bertz CT molecular complexity index is 622. The number of benzene rings is 1. The number of hydrogen-bond donors (Lipinski definition) is 2. The molecular weight excluding hydrogens is 262 g/mol. The monoisotopic (exact) mass is 287 g/mol. The number of rotatable bonds is 5. The van der Waals surface area contributed by atoms with Gasteiger partial charge in [0.2, 0.25) is 5.91 Å². The van der Waals surface area contributed by atoms with Gasteiger partial charge in [0.25, 0.3) is 0 Å². The molecule has 0 spiro atoms. The molecule has 0 atom stereocenters. The zero-order valence-corrected chi connectivity index (χ0v) is 13.4. The van der Waals surface area contributed by atoms with E-state index < -0.39 is 0 Å². The van der Waals surface area contributed by atoms with Crippen LogP contribution in [0.15, 0.2) is 30.5 Å². The van der Waals surface area contributed by atoms with Gasteiger partial charge in [-0.1, -0.05) is 18.2 Å². The minimum atomic E-state index is -0.160. The largest absolute Gasteiger partial charge is 0.351 e. The average molecular weight is 287 g/mol. The number of amides is 1. The van der Waals surface area contributed by atoms with Crippen molar-refractivity contribution in [1.82, 2.24) is 15.2 Å². The maximum Gasteiger partial charge on any atom is 0.221 e. The van der Waals surface area contributed by atoms with Crippen molar-refractivity contribution in [3.05, 3.63) is 36.0 Å². The van der Waals surface area contributed by atoms with E-state index in [0.29, 0.717) is 13.0 Å². The van der Waals surface area contributed by atoms with Crippen molar-refractivity contribution in [3.63, 3.8) is 0 Å². The van der Waals surface area contributed by atoms with Crippen LogP contribution in [0.2, 0.25) is 0 Å². The molecule has 0 bridgehead atoms. The highest BCUT2D eigenvalue weighted by Crippen LogP contribution is 2.19. The summed E-state index contributed by atoms with van der Waals surface area (Å²) in [5.74, 6) is 0.0907. The van der Waals surface area contributed by atoms with E-state index in [0.717, 1.165) is 6.54 Å². The van der Waals surface area contributed by atoms with Crippen LogP contribution < -0.4 is 10.6 Å². The van der Waals surface area contributed by atoms with Crippen molar-refractivity contribution in [1.29, 1.82) is 0 Å². The second kappa shape index (κ2) is 6.31. The first-order valence-corrected chi connectivity index (χ1v) is 7.41. The second-order valence-electron chi connectivity index (χ2n) is 6.51. The molecule has 2 aromatic rings. The lowest BCUT2D eigenvalue weighted by molar-refractivity contribution is -0.122. The average Bonchev–Trinajstić information content (AvgIpc) is 2.70. The van der Waals surface area contributed by atoms with E-state index in [-0.39, 0.29) is 11.4 Å². The van der Waals surface area contributed by atoms with Gasteiger partial charge >= 0.3 is 0 Å². The maximum absolute atomic E-state index is 11.7. The van der Waals surface area contributed by atoms with E-state index in [1.54, 1.807) is 0 Å². The van der Waals surface area contributed by atoms with Gasteiger partial charge in [-0.15, -0.1) is 0 Å². The zero-order chi connectivity index (χ0) is 15.5. The van der Waals surface area contributed by atoms with Crippen molar-refractivity contribution in [3.8, 4) is 0 Å². The molecule has 0 unspecified atom stereocenters. The van der Waals surface area contributed by atoms with E-state index in [4.69, 9.17) is 0 Å². The van der Waals surface area contributed by atoms with Crippen molar-refractivity contribution < 1.29 is 4.79 Å². The van der Waals surface area contributed by atoms with E-state index in [9.17, 15) is 4.79 Å². The van der Waals surface area contributed by atoms with Gasteiger partial charge in [-0.3, -0.25) is 4.79 Å². The molecule has 21 heavy (non-hydrogen) atoms. The molecule has 0 aliphatic heterocycles. The van der Waals surface area contributed by atoms with Gasteiger partial charge in [0.1, 0.15) is 0 Å². The van der Waals surface area contributed by atoms with Crippen LogP contribution in [0, 0.1) is 0 Å². The van der Waals surface area contributed by atoms with E-state index >= 15 is 0 Å². The lowest BCUT2D eigenvalue weighted by Gasteiger charge is -2.20. The SMILES string of the molecule is Cn1cc(CNCCC(=O)NC(C)(C)C)c2ccccc21. The summed E-state index contributed by atoms with van der Waals surface area (Å²) >= 11 is 0. The Hall–Kier alpha value is -1.81. The van der Waals surface area contributed by atoms with Crippen molar-refractivity contribution >= 4 is 16.8 Å². The molecule has 0 saturated heterocycles. The van der Waals surface area contributed by atoms with Crippen LogP contribution in [0.1, 0.15) is 32.8 Å². The molecule has 2 N–H and O–H groups in total. The molecule has 114 valence electrons. The number of carbonyl (C=O) groups excluding carboxylic acids is 1. The Kier molecular flexibility index (Phi) is 4.68. The predicted molar refractivity (Wildman–Crippen MR) is 87.1 cm³/mol. The Morgan fingerprint density at radius 2 is 1.95 bits per heavy atom. The lowest BCUT2D eigenvalue weighted by Crippen LogP contribution is -2.41. The topological polar surface area (TPSA) is 46.1 Å². The van der Waals surface area contributed by atoms with Gasteiger partial charge in [-0.25, -0.2) is 0 Å². The molecule has 4 nitrogen and oxygen atoms in total. The number of aryl methyl sites for hydroxylation is 1. The molecular formula is C17H25N3O. The van der Waals surface area contributed by atoms with E-state index in [2.05, 4.69) is 52.7 Å². The highest BCUT2D eigenvalue weighted by atomic mass is 16.1. The third-order valence-corrected chi connectivity index (χ3v) is 3.34. The summed E-state index contributed by atoms with van der Waals surface area (Å²) < 4.78 is 2.14. The van der Waals surface area contributed by atoms with Crippen LogP contribution in [0.4, 0.5) is 0 Å². The molecule has 1 heterocycles. The quantitative estimate of drug-likeness (QED) is 0.830. The van der Waals surface area contributed by atoms with Crippen molar-refractivity contribution in [2.24, 2.45) is 7.05 Å². The van der Waals surface area contributed by atoms with Crippen LogP contribution in [-0.2, 0) is 18.4 Å². The Morgan fingerprint density at radius 1 is 1.24 bits per heavy atom. The van der Waals surface area contributed by atoms with Crippen molar-refractivity contribution in [2.75, 3.05) is 6.54 Å². The molecule has 1 aromatic heterocycles. The van der Waals surface area contributed by atoms with E-state index in [1.165, 1.54) is 16.5 Å². The van der Waals surface area contributed by atoms with Crippen LogP contribution in [0.25, 0.3) is 10.9 Å². The fraction of sp³-hybridized carbons (Fsp3) is 0.471. The third-order valence-electron chi connectivity index (χ3n) is 3.34. The minimum absolute atomic E-state index is 0.0907. The molecule has 4 heteroatoms. The summed E-state index contributed by atoms with van der Waals surface area (Å²) in [5, 5.41) is 7.59. The molecule has 1 amide bonds. The van der Waals surface area contributed by atoms with Crippen LogP contribution >= 0.6 is 0 Å². The van der Waals surface area contributed by atoms with Gasteiger partial charge in [0.15, 0.2) is 0 Å². The first kappa shape index (κ1) is 15.6. The predicted octanol–water partition coefficient (Wildman–Crippen LogP) is 2.57. The molecule has 2 rings (SSSR count). The number of fused-ring (bicyclic) bond motifs is 1. The fourth-order valence-corrected chi connectivity index (χ4v) is 2.47. The molecule has 0 aliphatic rings. The first-order chi connectivity index (χ1) is 9.87. The van der Waals surface area contributed by atoms with Crippen LogP contribution in [-0.4, -0.2) is 22.6 Å². The smallest absolute Gasteiger partial charge is 0.221 e. The Balaban J connectivity index is 1.85. The van der Waals surface area contributed by atoms with Gasteiger partial charge in [-0.2, -0.15) is 0 Å². The number of carbonyl (C=O) groups is 1. The van der Waals surface area contributed by atoms with Crippen LogP contribution in [0.3, 0.4) is 0 Å². The summed E-state index contributed by atoms with van der Waals surface area (Å²) in [4.78, 5) is 11.7. The Labute approximate surface area is 126 Å². The Morgan fingerprint density at radius 3 is 2.67 bits per heavy atom. The van der Waals surface area contributed by atoms with Gasteiger partial charge in [0, 0.05) is 49.2 Å². The summed E-state index contributed by atoms with van der Waals surface area (Å²) in [5.41, 5.74) is 2.34. The van der Waals surface area contributed by atoms with Crippen LogP contribution in [0.5, 0.6) is 0 Å². The summed E-state index contributed by atoms with van der Waals surface area (Å²) in [6.07, 6.45) is 2.65. The second-order valence-corrected chi connectivity index (χ2v) is 6.51. The molecule has 0 radical (unpaired) electrons. The number of nitrogens with zero attached hydrogens (tertiary/aromatic N) is 1. The number of aromatic nitrogens is 1. The highest BCUT2D eigenvalue weighted by molar-refractivity contribution is 5.83. The molecule has 1 aromatic carbocycles. The van der Waals surface area contributed by atoms with Gasteiger partial charge < -0.3 is 15.2 Å². The number of para-hydroxylation sites is 1. The van der Waals surface area contributed by atoms with Gasteiger partial charge in [-0.05, 0) is 32.4 Å². The third kappa shape index (κ3) is 4.33. The summed E-state index contributed by atoms with van der Waals surface area (Å²) in [6.45, 7) is 7.45. The zero-order valence-electron chi connectivity index (χ0n) is 13.4. The van der Waals surface area contributed by atoms with Crippen molar-refractivity contribution in [2.45, 2.75) is 39.3 Å². The summed E-state index contributed by atoms with van der Waals surface area (Å²) in [7, 11) is 2.06. The lowest BCUT2D eigenvalue weighted by atomic mass is 10.1.